The van der Waals surface area contributed by atoms with Crippen LogP contribution in [0.1, 0.15) is 35.0 Å². The van der Waals surface area contributed by atoms with Gasteiger partial charge in [-0.1, -0.05) is 11.6 Å². The molecular weight excluding hydrogens is 414 g/mol. The second kappa shape index (κ2) is 7.68. The molecule has 0 radical (unpaired) electrons. The monoisotopic (exact) mass is 433 g/mol. The Bertz CT molecular complexity index is 971. The first-order valence-electron chi connectivity index (χ1n) is 9.29. The van der Waals surface area contributed by atoms with E-state index < -0.39 is 18.1 Å². The molecule has 152 valence electrons. The molecule has 1 atom stereocenters. The fraction of sp³-hybridized carbons (Fsp3) is 0.350. The van der Waals surface area contributed by atoms with E-state index in [2.05, 4.69) is 0 Å². The molecule has 2 aliphatic rings. The average molecular weight is 434 g/mol. The highest BCUT2D eigenvalue weighted by molar-refractivity contribution is 7.18. The first-order valence-corrected chi connectivity index (χ1v) is 10.5. The molecule has 4 rings (SSSR count). The molecule has 0 spiro atoms. The first kappa shape index (κ1) is 19.7. The third-order valence-corrected chi connectivity index (χ3v) is 6.34. The number of nitrogens with two attached hydrogens (primary N) is 1. The SMILES string of the molecule is CC(=O)N(c1ccc(N2CC(Cc3cc(Cl)sc3C(N)=O)OC2=O)cc1)C1CC1. The van der Waals surface area contributed by atoms with Crippen molar-refractivity contribution in [3.8, 4) is 0 Å². The highest BCUT2D eigenvalue weighted by Crippen LogP contribution is 2.34. The van der Waals surface area contributed by atoms with Crippen LogP contribution in [0, 0.1) is 0 Å². The largest absolute Gasteiger partial charge is 0.444 e. The number of amides is 3. The molecule has 1 aromatic carbocycles. The number of benzene rings is 1. The maximum absolute atomic E-state index is 12.4. The van der Waals surface area contributed by atoms with E-state index in [4.69, 9.17) is 22.1 Å². The van der Waals surface area contributed by atoms with E-state index in [9.17, 15) is 14.4 Å². The molecule has 2 heterocycles. The summed E-state index contributed by atoms with van der Waals surface area (Å²) in [5.41, 5.74) is 7.60. The summed E-state index contributed by atoms with van der Waals surface area (Å²) in [6.45, 7) is 1.91. The summed E-state index contributed by atoms with van der Waals surface area (Å²) in [5, 5.41) is 0. The summed E-state index contributed by atoms with van der Waals surface area (Å²) in [7, 11) is 0. The minimum Gasteiger partial charge on any atom is -0.444 e. The number of anilines is 2. The summed E-state index contributed by atoms with van der Waals surface area (Å²) >= 11 is 7.12. The molecule has 0 bridgehead atoms. The van der Waals surface area contributed by atoms with Crippen molar-refractivity contribution in [1.29, 1.82) is 0 Å². The molecule has 2 aromatic rings. The van der Waals surface area contributed by atoms with Crippen LogP contribution < -0.4 is 15.5 Å². The first-order chi connectivity index (χ1) is 13.8. The van der Waals surface area contributed by atoms with Crippen LogP contribution in [0.5, 0.6) is 0 Å². The Morgan fingerprint density at radius 2 is 2.00 bits per heavy atom. The van der Waals surface area contributed by atoms with Gasteiger partial charge in [0, 0.05) is 30.8 Å². The molecule has 2 N–H and O–H groups in total. The Kier molecular flexibility index (Phi) is 5.23. The third-order valence-electron chi connectivity index (χ3n) is 5.02. The summed E-state index contributed by atoms with van der Waals surface area (Å²) in [6.07, 6.45) is 1.53. The number of hydrogen-bond donors (Lipinski definition) is 1. The molecule has 1 unspecified atom stereocenters. The molecule has 1 aliphatic carbocycles. The molecule has 1 saturated heterocycles. The van der Waals surface area contributed by atoms with Crippen molar-refractivity contribution in [2.75, 3.05) is 16.3 Å². The van der Waals surface area contributed by atoms with Gasteiger partial charge in [0.1, 0.15) is 6.10 Å². The maximum atomic E-state index is 12.4. The van der Waals surface area contributed by atoms with Crippen molar-refractivity contribution in [3.05, 3.63) is 45.1 Å². The second-order valence-electron chi connectivity index (χ2n) is 7.23. The van der Waals surface area contributed by atoms with Crippen LogP contribution in [0.3, 0.4) is 0 Å². The highest BCUT2D eigenvalue weighted by Gasteiger charge is 2.35. The number of cyclic esters (lactones) is 1. The summed E-state index contributed by atoms with van der Waals surface area (Å²) in [4.78, 5) is 39.6. The quantitative estimate of drug-likeness (QED) is 0.753. The predicted molar refractivity (Wildman–Crippen MR) is 112 cm³/mol. The van der Waals surface area contributed by atoms with E-state index in [1.54, 1.807) is 22.8 Å². The van der Waals surface area contributed by atoms with Crippen LogP contribution in [0.15, 0.2) is 30.3 Å². The number of primary amides is 1. The average Bonchev–Trinajstić information content (AvgIpc) is 3.31. The standard InChI is InChI=1S/C20H20ClN3O4S/c1-11(25)24(15-6-7-15)14-4-2-13(3-5-14)23-10-16(28-20(23)27)8-12-9-17(21)29-18(12)19(22)26/h2-5,9,15-16H,6-8,10H2,1H3,(H2,22,26). The molecule has 2 fully saturated rings. The van der Waals surface area contributed by atoms with Crippen LogP contribution in [-0.4, -0.2) is 36.6 Å². The van der Waals surface area contributed by atoms with E-state index in [0.29, 0.717) is 33.4 Å². The lowest BCUT2D eigenvalue weighted by Gasteiger charge is -2.22. The van der Waals surface area contributed by atoms with Gasteiger partial charge in [0.05, 0.1) is 15.8 Å². The fourth-order valence-electron chi connectivity index (χ4n) is 3.61. The number of carbonyl (C=O) groups excluding carboxylic acids is 3. The van der Waals surface area contributed by atoms with Gasteiger partial charge in [-0.2, -0.15) is 0 Å². The lowest BCUT2D eigenvalue weighted by atomic mass is 10.1. The van der Waals surface area contributed by atoms with E-state index in [1.807, 2.05) is 24.3 Å². The number of carbonyl (C=O) groups is 3. The van der Waals surface area contributed by atoms with Gasteiger partial charge < -0.3 is 15.4 Å². The number of ether oxygens (including phenoxy) is 1. The highest BCUT2D eigenvalue weighted by atomic mass is 35.5. The van der Waals surface area contributed by atoms with Gasteiger partial charge >= 0.3 is 6.09 Å². The molecule has 3 amide bonds. The van der Waals surface area contributed by atoms with E-state index in [0.717, 1.165) is 29.9 Å². The van der Waals surface area contributed by atoms with Gasteiger partial charge in [0.15, 0.2) is 0 Å². The van der Waals surface area contributed by atoms with Gasteiger partial charge in [-0.15, -0.1) is 11.3 Å². The Morgan fingerprint density at radius 1 is 1.31 bits per heavy atom. The normalized spacial score (nSPS) is 18.6. The van der Waals surface area contributed by atoms with Crippen molar-refractivity contribution in [2.45, 2.75) is 38.3 Å². The number of halogens is 1. The topological polar surface area (TPSA) is 92.9 Å². The zero-order chi connectivity index (χ0) is 20.7. The Hall–Kier alpha value is -2.58. The fourth-order valence-corrected chi connectivity index (χ4v) is 4.75. The van der Waals surface area contributed by atoms with Gasteiger partial charge in [-0.25, -0.2) is 4.79 Å². The van der Waals surface area contributed by atoms with E-state index in [-0.39, 0.29) is 11.9 Å². The van der Waals surface area contributed by atoms with Gasteiger partial charge in [0.25, 0.3) is 5.91 Å². The summed E-state index contributed by atoms with van der Waals surface area (Å²) < 4.78 is 5.94. The number of nitrogens with zero attached hydrogens (tertiary/aromatic N) is 2. The van der Waals surface area contributed by atoms with Crippen LogP contribution in [0.2, 0.25) is 4.34 Å². The molecule has 1 saturated carbocycles. The second-order valence-corrected chi connectivity index (χ2v) is 8.91. The van der Waals surface area contributed by atoms with Crippen molar-refractivity contribution in [1.82, 2.24) is 0 Å². The van der Waals surface area contributed by atoms with Crippen LogP contribution in [0.4, 0.5) is 16.2 Å². The Labute approximate surface area is 177 Å². The molecule has 7 nitrogen and oxygen atoms in total. The van der Waals surface area contributed by atoms with Gasteiger partial charge in [-0.3, -0.25) is 14.5 Å². The van der Waals surface area contributed by atoms with Crippen LogP contribution in [0.25, 0.3) is 0 Å². The van der Waals surface area contributed by atoms with Crippen molar-refractivity contribution in [3.63, 3.8) is 0 Å². The Morgan fingerprint density at radius 3 is 2.59 bits per heavy atom. The molecule has 1 aromatic heterocycles. The lowest BCUT2D eigenvalue weighted by Crippen LogP contribution is -2.30. The van der Waals surface area contributed by atoms with E-state index in [1.165, 1.54) is 0 Å². The van der Waals surface area contributed by atoms with Gasteiger partial charge in [0.2, 0.25) is 5.91 Å². The minimum atomic E-state index is -0.542. The number of hydrogen-bond acceptors (Lipinski definition) is 5. The Balaban J connectivity index is 1.47. The van der Waals surface area contributed by atoms with Gasteiger partial charge in [-0.05, 0) is 48.7 Å². The number of thiophene rings is 1. The van der Waals surface area contributed by atoms with Crippen molar-refractivity contribution < 1.29 is 19.1 Å². The van der Waals surface area contributed by atoms with Crippen LogP contribution in [-0.2, 0) is 16.0 Å². The third kappa shape index (κ3) is 4.09. The van der Waals surface area contributed by atoms with Crippen molar-refractivity contribution in [2.24, 2.45) is 5.73 Å². The summed E-state index contributed by atoms with van der Waals surface area (Å²) in [5.74, 6) is -0.528. The maximum Gasteiger partial charge on any atom is 0.414 e. The minimum absolute atomic E-state index is 0.0144. The molecule has 29 heavy (non-hydrogen) atoms. The van der Waals surface area contributed by atoms with E-state index >= 15 is 0 Å². The predicted octanol–water partition coefficient (Wildman–Crippen LogP) is 3.58. The zero-order valence-electron chi connectivity index (χ0n) is 15.8. The zero-order valence-corrected chi connectivity index (χ0v) is 17.3. The lowest BCUT2D eigenvalue weighted by molar-refractivity contribution is -0.116. The van der Waals surface area contributed by atoms with Crippen LogP contribution >= 0.6 is 22.9 Å². The summed E-state index contributed by atoms with van der Waals surface area (Å²) in [6, 6.07) is 9.28. The van der Waals surface area contributed by atoms with Crippen molar-refractivity contribution >= 4 is 52.2 Å². The molecule has 1 aliphatic heterocycles. The number of rotatable bonds is 6. The molecule has 9 heteroatoms. The smallest absolute Gasteiger partial charge is 0.414 e. The molecular formula is C20H20ClN3O4S.